The molecule has 1 aliphatic heterocycles. The van der Waals surface area contributed by atoms with Gasteiger partial charge >= 0.3 is 5.97 Å². The van der Waals surface area contributed by atoms with E-state index in [1.165, 1.54) is 13.3 Å². The lowest BCUT2D eigenvalue weighted by Gasteiger charge is -2.25. The number of ether oxygens (including phenoxy) is 3. The molecule has 3 aromatic rings. The fraction of sp³-hybridized carbons (Fsp3) is 0.448. The summed E-state index contributed by atoms with van der Waals surface area (Å²) in [6, 6.07) is 6.70. The Morgan fingerprint density at radius 2 is 1.92 bits per heavy atom. The predicted molar refractivity (Wildman–Crippen MR) is 172 cm³/mol. The maximum atomic E-state index is 13.2. The van der Waals surface area contributed by atoms with Crippen molar-refractivity contribution < 1.29 is 43.6 Å². The monoisotopic (exact) mass is 719 g/mol. The molecule has 1 amide bonds. The molecular formula is C29H34ClN9O11. The van der Waals surface area contributed by atoms with E-state index in [1.54, 1.807) is 30.6 Å². The molecule has 1 saturated heterocycles. The van der Waals surface area contributed by atoms with E-state index in [1.807, 2.05) is 11.0 Å². The van der Waals surface area contributed by atoms with E-state index in [0.717, 1.165) is 12.0 Å². The lowest BCUT2D eigenvalue weighted by molar-refractivity contribution is -0.790. The molecule has 1 aromatic carbocycles. The van der Waals surface area contributed by atoms with Crippen LogP contribution >= 0.6 is 11.6 Å². The molecule has 1 aliphatic rings. The minimum absolute atomic E-state index is 0.0123. The molecule has 0 bridgehead atoms. The third-order valence-corrected chi connectivity index (χ3v) is 7.44. The van der Waals surface area contributed by atoms with E-state index in [0.29, 0.717) is 35.5 Å². The van der Waals surface area contributed by atoms with Gasteiger partial charge in [0.2, 0.25) is 5.95 Å². The molecular weight excluding hydrogens is 686 g/mol. The van der Waals surface area contributed by atoms with Crippen molar-refractivity contribution in [3.8, 4) is 5.75 Å². The number of methoxy groups -OCH3 is 1. The molecule has 1 unspecified atom stereocenters. The zero-order valence-corrected chi connectivity index (χ0v) is 27.5. The van der Waals surface area contributed by atoms with Gasteiger partial charge in [-0.05, 0) is 36.6 Å². The first-order valence-electron chi connectivity index (χ1n) is 15.2. The van der Waals surface area contributed by atoms with E-state index in [2.05, 4.69) is 40.2 Å². The summed E-state index contributed by atoms with van der Waals surface area (Å²) >= 11 is 6.30. The first kappa shape index (κ1) is 37.2. The van der Waals surface area contributed by atoms with Crippen LogP contribution in [-0.2, 0) is 37.0 Å². The van der Waals surface area contributed by atoms with Crippen LogP contribution in [-0.4, -0.2) is 94.2 Å². The summed E-state index contributed by atoms with van der Waals surface area (Å²) in [5.74, 6) is 0.482. The third-order valence-electron chi connectivity index (χ3n) is 7.15. The maximum absolute atomic E-state index is 13.2. The summed E-state index contributed by atoms with van der Waals surface area (Å²) in [4.78, 5) is 74.2. The van der Waals surface area contributed by atoms with Crippen molar-refractivity contribution >= 4 is 35.2 Å². The van der Waals surface area contributed by atoms with Crippen molar-refractivity contribution in [3.63, 3.8) is 0 Å². The van der Waals surface area contributed by atoms with Crippen molar-refractivity contribution in [2.75, 3.05) is 50.3 Å². The van der Waals surface area contributed by atoms with Gasteiger partial charge in [0.25, 0.3) is 16.1 Å². The van der Waals surface area contributed by atoms with Crippen LogP contribution in [0.25, 0.3) is 0 Å². The van der Waals surface area contributed by atoms with E-state index in [-0.39, 0.29) is 50.1 Å². The minimum atomic E-state index is -1.36. The highest BCUT2D eigenvalue weighted by molar-refractivity contribution is 6.32. The first-order valence-corrected chi connectivity index (χ1v) is 15.6. The van der Waals surface area contributed by atoms with Gasteiger partial charge in [0.15, 0.2) is 6.10 Å². The molecule has 3 heterocycles. The Morgan fingerprint density at radius 3 is 2.64 bits per heavy atom. The van der Waals surface area contributed by atoms with E-state index < -0.39 is 41.4 Å². The molecule has 2 atom stereocenters. The number of anilines is 2. The number of hydrogen-bond donors (Lipinski definition) is 2. The van der Waals surface area contributed by atoms with Crippen molar-refractivity contribution in [2.45, 2.75) is 44.5 Å². The zero-order chi connectivity index (χ0) is 35.9. The normalized spacial score (nSPS) is 14.4. The quantitative estimate of drug-likeness (QED) is 0.0735. The predicted octanol–water partition coefficient (Wildman–Crippen LogP) is 2.17. The van der Waals surface area contributed by atoms with Gasteiger partial charge in [-0.3, -0.25) is 9.59 Å². The van der Waals surface area contributed by atoms with E-state index in [9.17, 15) is 29.8 Å². The molecule has 0 saturated carbocycles. The number of benzene rings is 1. The summed E-state index contributed by atoms with van der Waals surface area (Å²) in [5, 5.41) is 25.1. The van der Waals surface area contributed by atoms with Crippen LogP contribution in [0.1, 0.15) is 41.0 Å². The van der Waals surface area contributed by atoms with Crippen molar-refractivity contribution in [2.24, 2.45) is 0 Å². The molecule has 1 fully saturated rings. The number of esters is 1. The average Bonchev–Trinajstić information content (AvgIpc) is 3.58. The van der Waals surface area contributed by atoms with Crippen molar-refractivity contribution in [1.29, 1.82) is 0 Å². The Kier molecular flexibility index (Phi) is 14.0. The fourth-order valence-corrected chi connectivity index (χ4v) is 5.05. The number of halogens is 1. The second-order valence-electron chi connectivity index (χ2n) is 10.6. The van der Waals surface area contributed by atoms with Crippen LogP contribution in [0.2, 0.25) is 5.02 Å². The highest BCUT2D eigenvalue weighted by Crippen LogP contribution is 2.27. The highest BCUT2D eigenvalue weighted by Gasteiger charge is 2.29. The van der Waals surface area contributed by atoms with Crippen molar-refractivity contribution in [1.82, 2.24) is 25.3 Å². The molecule has 0 aliphatic carbocycles. The number of carbonyl (C=O) groups is 2. The topological polar surface area (TPSA) is 245 Å². The van der Waals surface area contributed by atoms with Crippen LogP contribution in [0.3, 0.4) is 0 Å². The minimum Gasteiger partial charge on any atom is -0.495 e. The highest BCUT2D eigenvalue weighted by atomic mass is 35.5. The summed E-state index contributed by atoms with van der Waals surface area (Å²) < 4.78 is 15.9. The van der Waals surface area contributed by atoms with Gasteiger partial charge in [-0.15, -0.1) is 20.2 Å². The van der Waals surface area contributed by atoms with Crippen LogP contribution in [0.15, 0.2) is 42.9 Å². The van der Waals surface area contributed by atoms with Crippen LogP contribution < -0.4 is 20.3 Å². The lowest BCUT2D eigenvalue weighted by atomic mass is 10.2. The number of aromatic nitrogens is 4. The number of amides is 1. The van der Waals surface area contributed by atoms with Gasteiger partial charge in [-0.2, -0.15) is 4.98 Å². The summed E-state index contributed by atoms with van der Waals surface area (Å²) in [6.07, 6.45) is 4.46. The van der Waals surface area contributed by atoms with Crippen LogP contribution in [0.4, 0.5) is 11.8 Å². The van der Waals surface area contributed by atoms with Gasteiger partial charge in [-0.1, -0.05) is 17.7 Å². The Labute approximate surface area is 289 Å². The van der Waals surface area contributed by atoms with Crippen LogP contribution in [0.5, 0.6) is 5.75 Å². The second-order valence-corrected chi connectivity index (χ2v) is 11.0. The van der Waals surface area contributed by atoms with Gasteiger partial charge in [0.05, 0.1) is 44.4 Å². The molecule has 268 valence electrons. The standard InChI is InChI=1S/C29H34ClN9O11/c1-46-24-6-5-19(12-23(24)30)13-33-27-22(28(41)34-15-25-31-8-3-9-32-25)14-35-29(36-27)37-10-2-4-20(37)16-48-26(40)7-11-47-17-21(50-39(44)45)18-49-38(42)43/h3,5-6,8-9,12,14,20-21H,2,4,7,10-11,13,15-18H2,1H3,(H,34,41)(H,33,35,36)/t20?,21-/m0/s1. The zero-order valence-electron chi connectivity index (χ0n) is 26.8. The molecule has 0 spiro atoms. The molecule has 20 nitrogen and oxygen atoms in total. The number of hydrogen-bond acceptors (Lipinski definition) is 17. The Balaban J connectivity index is 1.37. The smallest absolute Gasteiger partial charge is 0.308 e. The Bertz CT molecular complexity index is 1620. The third kappa shape index (κ3) is 11.5. The Hall–Kier alpha value is -5.63. The second kappa shape index (κ2) is 18.8. The average molecular weight is 720 g/mol. The number of nitrogens with zero attached hydrogens (tertiary/aromatic N) is 7. The summed E-state index contributed by atoms with van der Waals surface area (Å²) in [5.41, 5.74) is 0.989. The SMILES string of the molecule is COc1ccc(CNc2nc(N3CCCC3COC(=O)CCOC[C@@H](CO[N+](=O)[O-])O[N+](=O)[O-])ncc2C(=O)NCc2ncccn2)cc1Cl. The number of rotatable bonds is 20. The lowest BCUT2D eigenvalue weighted by Crippen LogP contribution is -2.36. The van der Waals surface area contributed by atoms with Gasteiger partial charge in [-0.25, -0.2) is 15.0 Å². The Morgan fingerprint density at radius 1 is 1.12 bits per heavy atom. The molecule has 2 N–H and O–H groups in total. The largest absolute Gasteiger partial charge is 0.495 e. The van der Waals surface area contributed by atoms with Crippen molar-refractivity contribution in [3.05, 3.63) is 85.1 Å². The summed E-state index contributed by atoms with van der Waals surface area (Å²) in [6.45, 7) is -0.389. The van der Waals surface area contributed by atoms with Gasteiger partial charge in [0, 0.05) is 31.7 Å². The van der Waals surface area contributed by atoms with Crippen LogP contribution in [0, 0.1) is 20.2 Å². The molecule has 4 rings (SSSR count). The first-order chi connectivity index (χ1) is 24.1. The number of carbonyl (C=O) groups excluding carboxylic acids is 2. The molecule has 50 heavy (non-hydrogen) atoms. The molecule has 0 radical (unpaired) electrons. The molecule has 2 aromatic heterocycles. The molecule has 21 heteroatoms. The summed E-state index contributed by atoms with van der Waals surface area (Å²) in [7, 11) is 1.52. The van der Waals surface area contributed by atoms with E-state index in [4.69, 9.17) is 25.8 Å². The fourth-order valence-electron chi connectivity index (χ4n) is 4.77. The van der Waals surface area contributed by atoms with Gasteiger partial charge in [0.1, 0.15) is 36.2 Å². The van der Waals surface area contributed by atoms with E-state index >= 15 is 0 Å². The van der Waals surface area contributed by atoms with Gasteiger partial charge < -0.3 is 39.4 Å². The number of nitrogens with one attached hydrogen (secondary N) is 2. The maximum Gasteiger partial charge on any atom is 0.308 e.